The number of hydrogen-bond acceptors (Lipinski definition) is 3. The Morgan fingerprint density at radius 3 is 1.82 bits per heavy atom. The molecule has 0 spiro atoms. The van der Waals surface area contributed by atoms with Crippen LogP contribution < -0.4 is 5.73 Å². The fourth-order valence-corrected chi connectivity index (χ4v) is 0.744. The number of rotatable bonds is 3. The van der Waals surface area contributed by atoms with Gasteiger partial charge in [-0.05, 0) is 26.7 Å². The summed E-state index contributed by atoms with van der Waals surface area (Å²) in [5.74, 6) is -0.369. The minimum absolute atomic E-state index is 0. The summed E-state index contributed by atoms with van der Waals surface area (Å²) in [6.45, 7) is 9.22. The van der Waals surface area contributed by atoms with Gasteiger partial charge in [0, 0.05) is 6.42 Å². The van der Waals surface area contributed by atoms with E-state index in [0.29, 0.717) is 12.3 Å². The summed E-state index contributed by atoms with van der Waals surface area (Å²) in [5, 5.41) is 8.22. The fourth-order valence-electron chi connectivity index (χ4n) is 0.744. The summed E-state index contributed by atoms with van der Waals surface area (Å²) < 4.78 is 4.58. The first-order valence-corrected chi connectivity index (χ1v) is 5.28. The van der Waals surface area contributed by atoms with Gasteiger partial charge in [-0.2, -0.15) is 0 Å². The molecule has 5 nitrogen and oxygen atoms in total. The summed E-state index contributed by atoms with van der Waals surface area (Å²) in [4.78, 5) is 20.0. The van der Waals surface area contributed by atoms with E-state index in [0.717, 1.165) is 6.42 Å². The van der Waals surface area contributed by atoms with Gasteiger partial charge in [0.1, 0.15) is 5.60 Å². The van der Waals surface area contributed by atoms with Gasteiger partial charge in [0.25, 0.3) is 0 Å². The van der Waals surface area contributed by atoms with E-state index in [1.807, 2.05) is 13.8 Å². The molecule has 0 aromatic heterocycles. The van der Waals surface area contributed by atoms with Gasteiger partial charge in [0.05, 0.1) is 0 Å². The zero-order valence-corrected chi connectivity index (χ0v) is 10.7. The van der Waals surface area contributed by atoms with E-state index in [-0.39, 0.29) is 7.43 Å². The molecule has 0 rings (SSSR count). The first-order chi connectivity index (χ1) is 7.08. The average molecular weight is 249 g/mol. The number of carbonyl (C=O) groups excluding carboxylic acids is 1. The Bertz CT molecular complexity index is 221. The normalized spacial score (nSPS) is 11.4. The van der Waals surface area contributed by atoms with Gasteiger partial charge in [0.15, 0.2) is 0 Å². The van der Waals surface area contributed by atoms with Crippen LogP contribution in [0.15, 0.2) is 0 Å². The van der Waals surface area contributed by atoms with Crippen LogP contribution >= 0.6 is 0 Å². The topological polar surface area (TPSA) is 89.6 Å². The highest BCUT2D eigenvalue weighted by molar-refractivity contribution is 5.66. The Morgan fingerprint density at radius 1 is 1.35 bits per heavy atom. The van der Waals surface area contributed by atoms with Crippen LogP contribution in [0.5, 0.6) is 0 Å². The number of carboxylic acid groups (broad SMARTS) is 1. The third-order valence-electron chi connectivity index (χ3n) is 1.63. The molecule has 0 aliphatic heterocycles. The Morgan fingerprint density at radius 2 is 1.76 bits per heavy atom. The number of aliphatic carboxylic acids is 1. The van der Waals surface area contributed by atoms with Crippen molar-refractivity contribution in [2.45, 2.75) is 60.5 Å². The molecule has 0 saturated heterocycles. The van der Waals surface area contributed by atoms with Crippen molar-refractivity contribution in [1.82, 2.24) is 0 Å². The summed E-state index contributed by atoms with van der Waals surface area (Å²) in [6.07, 6.45) is 0.528. The number of hydrogen-bond donors (Lipinski definition) is 2. The third kappa shape index (κ3) is 25.2. The molecule has 17 heavy (non-hydrogen) atoms. The van der Waals surface area contributed by atoms with Gasteiger partial charge in [-0.25, -0.2) is 4.79 Å². The first-order valence-electron chi connectivity index (χ1n) is 5.28. The van der Waals surface area contributed by atoms with Crippen molar-refractivity contribution < 1.29 is 19.4 Å². The monoisotopic (exact) mass is 249 g/mol. The van der Waals surface area contributed by atoms with Crippen molar-refractivity contribution in [3.05, 3.63) is 0 Å². The molecule has 0 aliphatic rings. The van der Waals surface area contributed by atoms with Crippen LogP contribution in [-0.4, -0.2) is 22.8 Å². The highest BCUT2D eigenvalue weighted by Gasteiger charge is 2.12. The predicted octanol–water partition coefficient (Wildman–Crippen LogP) is 3.02. The minimum atomic E-state index is -0.725. The maximum absolute atomic E-state index is 10.0. The lowest BCUT2D eigenvalue weighted by Crippen LogP contribution is -2.27. The van der Waals surface area contributed by atoms with E-state index in [9.17, 15) is 9.59 Å². The summed E-state index contributed by atoms with van der Waals surface area (Å²) in [6, 6.07) is 0. The standard InChI is InChI=1S/C6H12O2.C5H11NO2.CH4/c1-3-5(2)4-6(7)8;1-5(2,3)8-4(6)7;/h5H,3-4H2,1-2H3,(H,7,8);1-3H3,(H2,6,7);1H4/t5-;;/m0../s1. The van der Waals surface area contributed by atoms with Gasteiger partial charge in [0.2, 0.25) is 0 Å². The van der Waals surface area contributed by atoms with Gasteiger partial charge in [-0.15, -0.1) is 0 Å². The lowest BCUT2D eigenvalue weighted by Gasteiger charge is -2.16. The lowest BCUT2D eigenvalue weighted by atomic mass is 10.1. The molecule has 0 fully saturated rings. The molecule has 0 unspecified atom stereocenters. The molecule has 1 amide bonds. The molecular weight excluding hydrogens is 222 g/mol. The van der Waals surface area contributed by atoms with Crippen LogP contribution in [0.3, 0.4) is 0 Å². The van der Waals surface area contributed by atoms with Crippen molar-refractivity contribution in [2.75, 3.05) is 0 Å². The van der Waals surface area contributed by atoms with E-state index in [4.69, 9.17) is 10.8 Å². The van der Waals surface area contributed by atoms with Crippen LogP contribution in [0, 0.1) is 5.92 Å². The number of nitrogens with two attached hydrogens (primary N) is 1. The quantitative estimate of drug-likeness (QED) is 0.804. The van der Waals surface area contributed by atoms with Crippen molar-refractivity contribution in [3.63, 3.8) is 0 Å². The van der Waals surface area contributed by atoms with E-state index < -0.39 is 17.7 Å². The maximum atomic E-state index is 10.0. The Labute approximate surface area is 104 Å². The number of amides is 1. The Balaban J connectivity index is -0.000000218. The first kappa shape index (κ1) is 21.1. The molecule has 0 aromatic rings. The molecule has 0 radical (unpaired) electrons. The molecular formula is C12H27NO4. The maximum Gasteiger partial charge on any atom is 0.405 e. The molecule has 0 bridgehead atoms. The van der Waals surface area contributed by atoms with E-state index >= 15 is 0 Å². The predicted molar refractivity (Wildman–Crippen MR) is 68.9 cm³/mol. The summed E-state index contributed by atoms with van der Waals surface area (Å²) >= 11 is 0. The molecule has 0 aromatic carbocycles. The molecule has 0 heterocycles. The Hall–Kier alpha value is -1.26. The number of carbonyl (C=O) groups is 2. The third-order valence-corrected chi connectivity index (χ3v) is 1.63. The molecule has 0 aliphatic carbocycles. The zero-order chi connectivity index (χ0) is 13.4. The highest BCUT2D eigenvalue weighted by atomic mass is 16.6. The molecule has 5 heteroatoms. The lowest BCUT2D eigenvalue weighted by molar-refractivity contribution is -0.137. The van der Waals surface area contributed by atoms with Crippen LogP contribution in [0.4, 0.5) is 4.79 Å². The van der Waals surface area contributed by atoms with E-state index in [2.05, 4.69) is 4.74 Å². The van der Waals surface area contributed by atoms with Crippen molar-refractivity contribution in [1.29, 1.82) is 0 Å². The van der Waals surface area contributed by atoms with Gasteiger partial charge < -0.3 is 15.6 Å². The summed E-state index contributed by atoms with van der Waals surface area (Å²) in [7, 11) is 0. The number of carboxylic acids is 1. The molecule has 0 saturated carbocycles. The average Bonchev–Trinajstić information content (AvgIpc) is 1.98. The zero-order valence-electron chi connectivity index (χ0n) is 10.7. The second-order valence-electron chi connectivity index (χ2n) is 4.64. The van der Waals surface area contributed by atoms with Crippen molar-refractivity contribution in [3.8, 4) is 0 Å². The van der Waals surface area contributed by atoms with Gasteiger partial charge in [-0.1, -0.05) is 27.7 Å². The largest absolute Gasteiger partial charge is 0.481 e. The van der Waals surface area contributed by atoms with Crippen LogP contribution in [0.25, 0.3) is 0 Å². The van der Waals surface area contributed by atoms with Crippen molar-refractivity contribution >= 4 is 12.1 Å². The Kier molecular flexibility index (Phi) is 12.3. The van der Waals surface area contributed by atoms with Gasteiger partial charge >= 0.3 is 12.1 Å². The molecule has 3 N–H and O–H groups in total. The second-order valence-corrected chi connectivity index (χ2v) is 4.64. The van der Waals surface area contributed by atoms with E-state index in [1.54, 1.807) is 20.8 Å². The van der Waals surface area contributed by atoms with Gasteiger partial charge in [-0.3, -0.25) is 4.79 Å². The van der Waals surface area contributed by atoms with Crippen LogP contribution in [0.2, 0.25) is 0 Å². The smallest absolute Gasteiger partial charge is 0.405 e. The number of primary amides is 1. The molecule has 104 valence electrons. The number of ether oxygens (including phenoxy) is 1. The van der Waals surface area contributed by atoms with Crippen LogP contribution in [-0.2, 0) is 9.53 Å². The summed E-state index contributed by atoms with van der Waals surface area (Å²) in [5.41, 5.74) is 4.26. The SMILES string of the molecule is C.CC(C)(C)OC(N)=O.CC[C@H](C)CC(=O)O. The second kappa shape index (κ2) is 9.93. The minimum Gasteiger partial charge on any atom is -0.481 e. The fraction of sp³-hybridized carbons (Fsp3) is 0.833. The van der Waals surface area contributed by atoms with Crippen LogP contribution in [0.1, 0.15) is 54.9 Å². The van der Waals surface area contributed by atoms with E-state index in [1.165, 1.54) is 0 Å². The highest BCUT2D eigenvalue weighted by Crippen LogP contribution is 2.05. The molecule has 1 atom stereocenters. The van der Waals surface area contributed by atoms with Crippen molar-refractivity contribution in [2.24, 2.45) is 11.7 Å².